The molecule has 0 radical (unpaired) electrons. The van der Waals surface area contributed by atoms with Crippen LogP contribution in [0.5, 0.6) is 0 Å². The first-order valence-electron chi connectivity index (χ1n) is 17.2. The van der Waals surface area contributed by atoms with Gasteiger partial charge in [-0.2, -0.15) is 0 Å². The van der Waals surface area contributed by atoms with Crippen LogP contribution in [0.25, 0.3) is 0 Å². The van der Waals surface area contributed by atoms with Crippen LogP contribution in [0.4, 0.5) is 0 Å². The standard InChI is InChI=1S/C35H60O10/c1-18(20(3)16-36)8-9-19(2)21-14-22(37)31-33(21,4)13-11-26-34(5)12-10-24(28(39)27(34)23(38)15-35(26,31)41)45-32-30(43-7)29(40)25(42-6)17-44-32/h8-9,18-32,36-41H,10-17H2,1-7H3/b9-8+/t18-,19-,20-,21-,22+,23-,24+,25-,26-,27+,28+,29+,30-,31-,32+,33-,34-,35+/m1/s1. The van der Waals surface area contributed by atoms with Gasteiger partial charge in [-0.1, -0.05) is 46.8 Å². The Balaban J connectivity index is 1.34. The van der Waals surface area contributed by atoms with E-state index in [1.165, 1.54) is 14.2 Å². The lowest BCUT2D eigenvalue weighted by molar-refractivity contribution is -0.321. The molecule has 0 spiro atoms. The molecular formula is C35H60O10. The van der Waals surface area contributed by atoms with Crippen LogP contribution >= 0.6 is 0 Å². The van der Waals surface area contributed by atoms with E-state index in [1.807, 2.05) is 6.92 Å². The first-order chi connectivity index (χ1) is 21.2. The largest absolute Gasteiger partial charge is 0.396 e. The van der Waals surface area contributed by atoms with Crippen LogP contribution in [0, 0.1) is 52.3 Å². The number of fused-ring (bicyclic) bond motifs is 5. The summed E-state index contributed by atoms with van der Waals surface area (Å²) in [6.45, 7) is 10.9. The number of hydrogen-bond donors (Lipinski definition) is 6. The summed E-state index contributed by atoms with van der Waals surface area (Å²) in [6, 6.07) is 0. The zero-order valence-corrected chi connectivity index (χ0v) is 28.3. The van der Waals surface area contributed by atoms with E-state index in [0.717, 1.165) is 12.8 Å². The van der Waals surface area contributed by atoms with Crippen molar-refractivity contribution < 1.29 is 49.6 Å². The van der Waals surface area contributed by atoms with Gasteiger partial charge in [0.05, 0.1) is 36.6 Å². The van der Waals surface area contributed by atoms with Gasteiger partial charge < -0.3 is 49.6 Å². The van der Waals surface area contributed by atoms with Gasteiger partial charge in [0.2, 0.25) is 0 Å². The van der Waals surface area contributed by atoms with Crippen molar-refractivity contribution in [1.82, 2.24) is 0 Å². The maximum Gasteiger partial charge on any atom is 0.186 e. The van der Waals surface area contributed by atoms with Crippen molar-refractivity contribution in [2.45, 2.75) is 128 Å². The normalized spacial score (nSPS) is 52.1. The predicted octanol–water partition coefficient (Wildman–Crippen LogP) is 2.26. The smallest absolute Gasteiger partial charge is 0.186 e. The van der Waals surface area contributed by atoms with Crippen molar-refractivity contribution in [3.8, 4) is 0 Å². The molecule has 5 fully saturated rings. The molecule has 1 saturated heterocycles. The average Bonchev–Trinajstić information content (AvgIpc) is 3.27. The molecule has 260 valence electrons. The van der Waals surface area contributed by atoms with Crippen LogP contribution in [0.1, 0.15) is 73.1 Å². The molecule has 4 aliphatic carbocycles. The number of aliphatic hydroxyl groups is 6. The van der Waals surface area contributed by atoms with Gasteiger partial charge in [-0.15, -0.1) is 0 Å². The van der Waals surface area contributed by atoms with Crippen molar-refractivity contribution in [2.75, 3.05) is 27.4 Å². The van der Waals surface area contributed by atoms with Crippen LogP contribution in [0.15, 0.2) is 12.2 Å². The summed E-state index contributed by atoms with van der Waals surface area (Å²) in [4.78, 5) is 0. The van der Waals surface area contributed by atoms with Crippen LogP contribution in [0.3, 0.4) is 0 Å². The summed E-state index contributed by atoms with van der Waals surface area (Å²) in [5, 5.41) is 68.1. The lowest BCUT2D eigenvalue weighted by Gasteiger charge is -2.66. The topological polar surface area (TPSA) is 158 Å². The molecule has 5 aliphatic rings. The second-order valence-corrected chi connectivity index (χ2v) is 15.9. The summed E-state index contributed by atoms with van der Waals surface area (Å²) >= 11 is 0. The average molecular weight is 641 g/mol. The highest BCUT2D eigenvalue weighted by atomic mass is 16.7. The van der Waals surface area contributed by atoms with E-state index in [0.29, 0.717) is 19.3 Å². The predicted molar refractivity (Wildman–Crippen MR) is 167 cm³/mol. The Kier molecular flexibility index (Phi) is 10.6. The Bertz CT molecular complexity index is 1040. The zero-order chi connectivity index (χ0) is 33.1. The fourth-order valence-electron chi connectivity index (χ4n) is 10.9. The van der Waals surface area contributed by atoms with Gasteiger partial charge in [0.15, 0.2) is 6.29 Å². The van der Waals surface area contributed by atoms with E-state index >= 15 is 0 Å². The monoisotopic (exact) mass is 640 g/mol. The maximum absolute atomic E-state index is 12.7. The van der Waals surface area contributed by atoms with Crippen LogP contribution in [-0.4, -0.2) is 113 Å². The summed E-state index contributed by atoms with van der Waals surface area (Å²) < 4.78 is 22.9. The fraction of sp³-hybridized carbons (Fsp3) is 0.943. The molecule has 1 heterocycles. The number of allylic oxidation sites excluding steroid dienone is 2. The van der Waals surface area contributed by atoms with Gasteiger partial charge in [-0.3, -0.25) is 0 Å². The minimum atomic E-state index is -1.27. The van der Waals surface area contributed by atoms with Crippen molar-refractivity contribution in [3.63, 3.8) is 0 Å². The second-order valence-electron chi connectivity index (χ2n) is 15.9. The third kappa shape index (κ3) is 5.87. The first kappa shape index (κ1) is 35.6. The molecule has 45 heavy (non-hydrogen) atoms. The van der Waals surface area contributed by atoms with E-state index in [9.17, 15) is 30.6 Å². The Labute approximate surface area is 269 Å². The highest BCUT2D eigenvalue weighted by Crippen LogP contribution is 2.69. The van der Waals surface area contributed by atoms with Gasteiger partial charge in [-0.05, 0) is 72.5 Å². The molecule has 4 saturated carbocycles. The molecular weight excluding hydrogens is 580 g/mol. The summed E-state index contributed by atoms with van der Waals surface area (Å²) in [7, 11) is 2.97. The fourth-order valence-corrected chi connectivity index (χ4v) is 10.9. The highest BCUT2D eigenvalue weighted by molar-refractivity contribution is 5.21. The molecule has 0 aromatic rings. The van der Waals surface area contributed by atoms with Crippen molar-refractivity contribution >= 4 is 0 Å². The SMILES string of the molecule is CO[C@H]1[C@H](O[C@H]2CC[C@@]3(C)[C@H]([C@H]2O)[C@H](O)C[C@]2(O)[C@@H]3CC[C@]3(C)[C@@H]([C@H](C)/C=C/[C@@H](C)[C@H](C)CO)C[C@H](O)[C@H]32)OC[C@@H](OC)[C@@H]1O. The van der Waals surface area contributed by atoms with Crippen LogP contribution in [0.2, 0.25) is 0 Å². The number of rotatable bonds is 9. The lowest BCUT2D eigenvalue weighted by atomic mass is 9.41. The molecule has 10 heteroatoms. The molecule has 0 aromatic heterocycles. The van der Waals surface area contributed by atoms with E-state index in [1.54, 1.807) is 0 Å². The Morgan fingerprint density at radius 1 is 0.889 bits per heavy atom. The lowest BCUT2D eigenvalue weighted by Crippen LogP contribution is -2.71. The van der Waals surface area contributed by atoms with Gasteiger partial charge in [0.25, 0.3) is 0 Å². The molecule has 18 atom stereocenters. The quantitative estimate of drug-likeness (QED) is 0.163. The van der Waals surface area contributed by atoms with Crippen molar-refractivity contribution in [1.29, 1.82) is 0 Å². The zero-order valence-electron chi connectivity index (χ0n) is 28.3. The maximum atomic E-state index is 12.7. The first-order valence-corrected chi connectivity index (χ1v) is 17.2. The summed E-state index contributed by atoms with van der Waals surface area (Å²) in [6.07, 6.45) is 1.29. The van der Waals surface area contributed by atoms with E-state index in [2.05, 4.69) is 39.8 Å². The minimum absolute atomic E-state index is 0.0931. The van der Waals surface area contributed by atoms with Crippen molar-refractivity contribution in [2.24, 2.45) is 52.3 Å². The third-order valence-electron chi connectivity index (χ3n) is 13.6. The molecule has 0 aromatic carbocycles. The summed E-state index contributed by atoms with van der Waals surface area (Å²) in [5.41, 5.74) is -2.15. The molecule has 0 bridgehead atoms. The molecule has 1 aliphatic heterocycles. The highest BCUT2D eigenvalue weighted by Gasteiger charge is 2.72. The number of ether oxygens (including phenoxy) is 4. The van der Waals surface area contributed by atoms with Gasteiger partial charge in [0, 0.05) is 39.1 Å². The number of hydrogen-bond acceptors (Lipinski definition) is 10. The Morgan fingerprint density at radius 3 is 2.22 bits per heavy atom. The second kappa shape index (κ2) is 13.3. The van der Waals surface area contributed by atoms with Crippen LogP contribution < -0.4 is 0 Å². The van der Waals surface area contributed by atoms with Gasteiger partial charge in [0.1, 0.15) is 18.3 Å². The van der Waals surface area contributed by atoms with Crippen LogP contribution in [-0.2, 0) is 18.9 Å². The molecule has 0 amide bonds. The van der Waals surface area contributed by atoms with Gasteiger partial charge >= 0.3 is 0 Å². The van der Waals surface area contributed by atoms with E-state index in [4.69, 9.17) is 18.9 Å². The minimum Gasteiger partial charge on any atom is -0.396 e. The van der Waals surface area contributed by atoms with Gasteiger partial charge in [-0.25, -0.2) is 0 Å². The number of methoxy groups -OCH3 is 2. The molecule has 0 unspecified atom stereocenters. The Morgan fingerprint density at radius 2 is 1.58 bits per heavy atom. The van der Waals surface area contributed by atoms with E-state index < -0.39 is 66.0 Å². The number of aliphatic hydroxyl groups excluding tert-OH is 5. The Hall–Kier alpha value is -0.660. The molecule has 5 rings (SSSR count). The van der Waals surface area contributed by atoms with Crippen molar-refractivity contribution in [3.05, 3.63) is 12.2 Å². The third-order valence-corrected chi connectivity index (χ3v) is 13.6. The molecule has 10 nitrogen and oxygen atoms in total. The van der Waals surface area contributed by atoms with E-state index in [-0.39, 0.29) is 60.6 Å². The molecule has 6 N–H and O–H groups in total. The summed E-state index contributed by atoms with van der Waals surface area (Å²) in [5.74, 6) is -0.348.